The molecular weight excluding hydrogens is 376 g/mol. The van der Waals surface area contributed by atoms with E-state index in [2.05, 4.69) is 24.5 Å². The van der Waals surface area contributed by atoms with Crippen LogP contribution >= 0.6 is 12.2 Å². The molecule has 0 fully saturated rings. The molecule has 6 nitrogen and oxygen atoms in total. The average Bonchev–Trinajstić information content (AvgIpc) is 2.66. The van der Waals surface area contributed by atoms with Crippen molar-refractivity contribution in [3.63, 3.8) is 0 Å². The van der Waals surface area contributed by atoms with Gasteiger partial charge in [0.15, 0.2) is 5.11 Å². The summed E-state index contributed by atoms with van der Waals surface area (Å²) in [6.45, 7) is 4.24. The summed E-state index contributed by atoms with van der Waals surface area (Å²) in [7, 11) is 1.45. The van der Waals surface area contributed by atoms with Crippen LogP contribution in [0.15, 0.2) is 48.5 Å². The molecule has 0 spiro atoms. The maximum absolute atomic E-state index is 12.1. The zero-order valence-electron chi connectivity index (χ0n) is 15.9. The predicted octanol–water partition coefficient (Wildman–Crippen LogP) is 4.04. The van der Waals surface area contributed by atoms with Gasteiger partial charge < -0.3 is 15.2 Å². The lowest BCUT2D eigenvalue weighted by molar-refractivity contribution is -0.115. The zero-order valence-corrected chi connectivity index (χ0v) is 16.7. The first kappa shape index (κ1) is 21.1. The Hall–Kier alpha value is -3.19. The van der Waals surface area contributed by atoms with Gasteiger partial charge in [0.1, 0.15) is 5.75 Å². The molecule has 0 aliphatic carbocycles. The Bertz CT molecular complexity index is 905. The highest BCUT2D eigenvalue weighted by atomic mass is 32.1. The number of amides is 1. The molecule has 0 saturated carbocycles. The molecule has 2 aromatic carbocycles. The van der Waals surface area contributed by atoms with Crippen LogP contribution in [-0.4, -0.2) is 29.2 Å². The normalized spacial score (nSPS) is 10.7. The maximum atomic E-state index is 12.1. The lowest BCUT2D eigenvalue weighted by Gasteiger charge is -2.12. The Labute approximate surface area is 169 Å². The highest BCUT2D eigenvalue weighted by Gasteiger charge is 2.11. The van der Waals surface area contributed by atoms with Crippen molar-refractivity contribution in [1.82, 2.24) is 5.32 Å². The summed E-state index contributed by atoms with van der Waals surface area (Å²) in [5.74, 6) is -0.630. The molecule has 0 saturated heterocycles. The van der Waals surface area contributed by atoms with Crippen LogP contribution in [0.2, 0.25) is 0 Å². The van der Waals surface area contributed by atoms with Crippen molar-refractivity contribution < 1.29 is 19.4 Å². The fourth-order valence-corrected chi connectivity index (χ4v) is 2.62. The first-order valence-corrected chi connectivity index (χ1v) is 9.02. The molecule has 0 bridgehead atoms. The molecule has 0 aliphatic rings. The molecule has 0 radical (unpaired) electrons. The van der Waals surface area contributed by atoms with Crippen molar-refractivity contribution in [2.45, 2.75) is 19.8 Å². The van der Waals surface area contributed by atoms with Crippen molar-refractivity contribution in [2.75, 3.05) is 12.4 Å². The van der Waals surface area contributed by atoms with Gasteiger partial charge in [-0.2, -0.15) is 0 Å². The maximum Gasteiger partial charge on any atom is 0.335 e. The lowest BCUT2D eigenvalue weighted by Crippen LogP contribution is -2.33. The highest BCUT2D eigenvalue weighted by molar-refractivity contribution is 7.80. The molecule has 146 valence electrons. The summed E-state index contributed by atoms with van der Waals surface area (Å²) < 4.78 is 5.18. The van der Waals surface area contributed by atoms with Crippen molar-refractivity contribution in [2.24, 2.45) is 0 Å². The van der Waals surface area contributed by atoms with Crippen LogP contribution in [0.3, 0.4) is 0 Å². The molecule has 0 heterocycles. The second-order valence-electron chi connectivity index (χ2n) is 6.32. The number of nitrogens with one attached hydrogen (secondary N) is 2. The van der Waals surface area contributed by atoms with E-state index in [0.29, 0.717) is 17.4 Å². The number of hydrogen-bond acceptors (Lipinski definition) is 4. The third-order valence-electron chi connectivity index (χ3n) is 3.96. The summed E-state index contributed by atoms with van der Waals surface area (Å²) >= 11 is 5.13. The predicted molar refractivity (Wildman–Crippen MR) is 114 cm³/mol. The van der Waals surface area contributed by atoms with Crippen LogP contribution in [-0.2, 0) is 4.79 Å². The monoisotopic (exact) mass is 398 g/mol. The van der Waals surface area contributed by atoms with E-state index in [9.17, 15) is 9.59 Å². The van der Waals surface area contributed by atoms with Crippen molar-refractivity contribution in [3.05, 3.63) is 65.2 Å². The van der Waals surface area contributed by atoms with E-state index in [1.807, 2.05) is 24.3 Å². The Kier molecular flexibility index (Phi) is 7.28. The number of methoxy groups -OCH3 is 1. The Morgan fingerprint density at radius 1 is 1.14 bits per heavy atom. The van der Waals surface area contributed by atoms with Crippen LogP contribution in [0.1, 0.15) is 41.3 Å². The third kappa shape index (κ3) is 5.92. The van der Waals surface area contributed by atoms with Gasteiger partial charge >= 0.3 is 5.97 Å². The van der Waals surface area contributed by atoms with E-state index in [0.717, 1.165) is 5.56 Å². The summed E-state index contributed by atoms with van der Waals surface area (Å²) in [6, 6.07) is 12.2. The summed E-state index contributed by atoms with van der Waals surface area (Å²) in [4.78, 5) is 23.2. The highest BCUT2D eigenvalue weighted by Crippen LogP contribution is 2.25. The van der Waals surface area contributed by atoms with Gasteiger partial charge in [0.25, 0.3) is 0 Å². The fourth-order valence-electron chi connectivity index (χ4n) is 2.41. The number of thiocarbonyl (C=S) groups is 1. The summed E-state index contributed by atoms with van der Waals surface area (Å²) in [5, 5.41) is 14.4. The molecule has 0 unspecified atom stereocenters. The van der Waals surface area contributed by atoms with Gasteiger partial charge in [-0.3, -0.25) is 10.1 Å². The van der Waals surface area contributed by atoms with Gasteiger partial charge in [-0.25, -0.2) is 4.79 Å². The molecule has 0 aromatic heterocycles. The van der Waals surface area contributed by atoms with Crippen LogP contribution in [0.25, 0.3) is 6.08 Å². The Balaban J connectivity index is 2.00. The fraction of sp³-hybridized carbons (Fsp3) is 0.190. The first-order chi connectivity index (χ1) is 13.3. The number of aromatic carboxylic acids is 1. The second kappa shape index (κ2) is 9.66. The topological polar surface area (TPSA) is 87.7 Å². The van der Waals surface area contributed by atoms with E-state index in [1.54, 1.807) is 6.08 Å². The van der Waals surface area contributed by atoms with Crippen LogP contribution < -0.4 is 15.4 Å². The number of hydrogen-bond donors (Lipinski definition) is 3. The minimum absolute atomic E-state index is 0.0330. The van der Waals surface area contributed by atoms with Gasteiger partial charge in [0, 0.05) is 6.08 Å². The van der Waals surface area contributed by atoms with E-state index in [4.69, 9.17) is 22.1 Å². The minimum Gasteiger partial charge on any atom is -0.495 e. The van der Waals surface area contributed by atoms with E-state index >= 15 is 0 Å². The van der Waals surface area contributed by atoms with Gasteiger partial charge in [0.05, 0.1) is 18.4 Å². The molecule has 28 heavy (non-hydrogen) atoms. The number of carbonyl (C=O) groups is 2. The van der Waals surface area contributed by atoms with Gasteiger partial charge in [0.2, 0.25) is 5.91 Å². The standard InChI is InChI=1S/C21H22N2O4S/c1-13(2)15-7-4-14(5-8-15)6-11-19(24)23-21(28)22-17-12-16(20(25)26)9-10-18(17)27-3/h4-13H,1-3H3,(H,25,26)(H2,22,23,24,28)/b11-6+. The quantitative estimate of drug-likeness (QED) is 0.503. The van der Waals surface area contributed by atoms with Gasteiger partial charge in [-0.15, -0.1) is 0 Å². The minimum atomic E-state index is -1.08. The van der Waals surface area contributed by atoms with Gasteiger partial charge in [-0.05, 0) is 53.5 Å². The van der Waals surface area contributed by atoms with E-state index in [1.165, 1.54) is 36.9 Å². The molecular formula is C21H22N2O4S. The molecule has 0 atom stereocenters. The average molecular weight is 398 g/mol. The SMILES string of the molecule is COc1ccc(C(=O)O)cc1NC(=S)NC(=O)/C=C/c1ccc(C(C)C)cc1. The van der Waals surface area contributed by atoms with Crippen molar-refractivity contribution >= 4 is 41.0 Å². The van der Waals surface area contributed by atoms with E-state index < -0.39 is 11.9 Å². The number of carboxylic acid groups (broad SMARTS) is 1. The number of ether oxygens (including phenoxy) is 1. The summed E-state index contributed by atoms with van der Waals surface area (Å²) in [5.41, 5.74) is 2.54. The molecule has 7 heteroatoms. The third-order valence-corrected chi connectivity index (χ3v) is 4.17. The van der Waals surface area contributed by atoms with Gasteiger partial charge in [-0.1, -0.05) is 38.1 Å². The summed E-state index contributed by atoms with van der Waals surface area (Å²) in [6.07, 6.45) is 3.07. The molecule has 1 amide bonds. The zero-order chi connectivity index (χ0) is 20.7. The molecule has 3 N–H and O–H groups in total. The van der Waals surface area contributed by atoms with Crippen LogP contribution in [0, 0.1) is 0 Å². The largest absolute Gasteiger partial charge is 0.495 e. The first-order valence-electron chi connectivity index (χ1n) is 8.61. The Morgan fingerprint density at radius 2 is 1.82 bits per heavy atom. The molecule has 0 aliphatic heterocycles. The number of benzene rings is 2. The number of carboxylic acids is 1. The Morgan fingerprint density at radius 3 is 2.39 bits per heavy atom. The van der Waals surface area contributed by atoms with Crippen molar-refractivity contribution in [3.8, 4) is 5.75 Å². The van der Waals surface area contributed by atoms with E-state index in [-0.39, 0.29) is 10.7 Å². The molecule has 2 rings (SSSR count). The number of rotatable bonds is 6. The second-order valence-corrected chi connectivity index (χ2v) is 6.73. The lowest BCUT2D eigenvalue weighted by atomic mass is 10.0. The smallest absolute Gasteiger partial charge is 0.335 e. The van der Waals surface area contributed by atoms with Crippen LogP contribution in [0.4, 0.5) is 5.69 Å². The number of carbonyl (C=O) groups excluding carboxylic acids is 1. The number of anilines is 1. The van der Waals surface area contributed by atoms with Crippen molar-refractivity contribution in [1.29, 1.82) is 0 Å². The van der Waals surface area contributed by atoms with Crippen LogP contribution in [0.5, 0.6) is 5.75 Å². The molecule has 2 aromatic rings.